The van der Waals surface area contributed by atoms with Gasteiger partial charge >= 0.3 is 0 Å². The van der Waals surface area contributed by atoms with Crippen molar-refractivity contribution in [2.45, 2.75) is 20.8 Å². The Kier molecular flexibility index (Phi) is 3.23. The highest BCUT2D eigenvalue weighted by Crippen LogP contribution is 2.55. The van der Waals surface area contributed by atoms with Crippen LogP contribution in [0.1, 0.15) is 20.8 Å². The molecule has 0 aromatic rings. The molecular weight excluding hydrogens is 248 g/mol. The topological polar surface area (TPSA) is 23.6 Å². The van der Waals surface area contributed by atoms with E-state index in [0.29, 0.717) is 0 Å². The molecule has 2 fully saturated rings. The van der Waals surface area contributed by atoms with Gasteiger partial charge in [-0.1, -0.05) is 32.9 Å². The van der Waals surface area contributed by atoms with E-state index in [9.17, 15) is 4.79 Å². The molecule has 4 aliphatic rings. The highest BCUT2D eigenvalue weighted by Gasteiger charge is 2.50. The largest absolute Gasteiger partial charge is 0.361 e. The second kappa shape index (κ2) is 4.80. The van der Waals surface area contributed by atoms with Crippen molar-refractivity contribution < 1.29 is 4.79 Å². The van der Waals surface area contributed by atoms with Crippen LogP contribution in [0.25, 0.3) is 0 Å². The fourth-order valence-electron chi connectivity index (χ4n) is 3.68. The van der Waals surface area contributed by atoms with Gasteiger partial charge in [-0.25, -0.2) is 0 Å². The second-order valence-electron chi connectivity index (χ2n) is 5.98. The van der Waals surface area contributed by atoms with Gasteiger partial charge in [-0.05, 0) is 35.0 Å². The summed E-state index contributed by atoms with van der Waals surface area (Å²) in [5.74, 6) is 2.48. The van der Waals surface area contributed by atoms with Crippen molar-refractivity contribution in [2.75, 3.05) is 26.7 Å². The van der Waals surface area contributed by atoms with Gasteiger partial charge in [0.1, 0.15) is 5.70 Å². The van der Waals surface area contributed by atoms with Gasteiger partial charge in [-0.15, -0.1) is 0 Å². The highest BCUT2D eigenvalue weighted by atomic mass is 16.2. The van der Waals surface area contributed by atoms with E-state index in [4.69, 9.17) is 0 Å². The van der Waals surface area contributed by atoms with E-state index < -0.39 is 0 Å². The molecular formula is C17H24N2O. The summed E-state index contributed by atoms with van der Waals surface area (Å²) in [6.45, 7) is 9.12. The van der Waals surface area contributed by atoms with Crippen LogP contribution in [0.4, 0.5) is 0 Å². The van der Waals surface area contributed by atoms with Gasteiger partial charge in [0.25, 0.3) is 5.91 Å². The van der Waals surface area contributed by atoms with Gasteiger partial charge in [-0.3, -0.25) is 4.79 Å². The third kappa shape index (κ3) is 1.83. The van der Waals surface area contributed by atoms with Crippen molar-refractivity contribution in [1.29, 1.82) is 0 Å². The predicted octanol–water partition coefficient (Wildman–Crippen LogP) is 2.43. The lowest BCUT2D eigenvalue weighted by atomic mass is 9.92. The first-order valence-electron chi connectivity index (χ1n) is 7.80. The molecule has 2 aliphatic heterocycles. The number of allylic oxidation sites excluding steroid dienone is 4. The molecule has 0 aromatic heterocycles. The van der Waals surface area contributed by atoms with Gasteiger partial charge in [0.15, 0.2) is 0 Å². The first-order valence-corrected chi connectivity index (χ1v) is 7.80. The van der Waals surface area contributed by atoms with E-state index in [1.54, 1.807) is 5.57 Å². The van der Waals surface area contributed by atoms with Crippen LogP contribution in [0.3, 0.4) is 0 Å². The Morgan fingerprint density at radius 2 is 2.00 bits per heavy atom. The quantitative estimate of drug-likeness (QED) is 0.676. The van der Waals surface area contributed by atoms with Gasteiger partial charge in [-0.2, -0.15) is 0 Å². The SMILES string of the molecule is CC.CC1C2C=CC3=C(CN4CCN(C)C(=O)C4=C3)C12. The number of hydrogen-bond donors (Lipinski definition) is 0. The third-order valence-electron chi connectivity index (χ3n) is 4.98. The Morgan fingerprint density at radius 3 is 2.75 bits per heavy atom. The van der Waals surface area contributed by atoms with Gasteiger partial charge in [0.2, 0.25) is 0 Å². The number of rotatable bonds is 0. The lowest BCUT2D eigenvalue weighted by Gasteiger charge is -2.39. The summed E-state index contributed by atoms with van der Waals surface area (Å²) >= 11 is 0. The first-order chi connectivity index (χ1) is 9.66. The molecule has 0 N–H and O–H groups in total. The number of amides is 1. The van der Waals surface area contributed by atoms with Crippen molar-refractivity contribution in [2.24, 2.45) is 17.8 Å². The summed E-state index contributed by atoms with van der Waals surface area (Å²) in [5, 5.41) is 0. The molecule has 3 heteroatoms. The van der Waals surface area contributed by atoms with Crippen molar-refractivity contribution in [1.82, 2.24) is 9.80 Å². The fourth-order valence-corrected chi connectivity index (χ4v) is 3.68. The van der Waals surface area contributed by atoms with Crippen LogP contribution in [0.5, 0.6) is 0 Å². The van der Waals surface area contributed by atoms with Crippen LogP contribution in [0.2, 0.25) is 0 Å². The Labute approximate surface area is 121 Å². The maximum absolute atomic E-state index is 12.2. The number of carbonyl (C=O) groups excluding carboxylic acids is 1. The second-order valence-corrected chi connectivity index (χ2v) is 5.98. The van der Waals surface area contributed by atoms with E-state index in [2.05, 4.69) is 30.1 Å². The molecule has 3 atom stereocenters. The molecule has 2 heterocycles. The average molecular weight is 272 g/mol. The zero-order valence-corrected chi connectivity index (χ0v) is 12.9. The molecule has 20 heavy (non-hydrogen) atoms. The van der Waals surface area contributed by atoms with E-state index in [1.165, 1.54) is 5.57 Å². The number of nitrogens with zero attached hydrogens (tertiary/aromatic N) is 2. The third-order valence-corrected chi connectivity index (χ3v) is 4.98. The lowest BCUT2D eigenvalue weighted by molar-refractivity contribution is -0.129. The summed E-state index contributed by atoms with van der Waals surface area (Å²) in [6, 6.07) is 0. The number of piperazine rings is 1. The molecule has 1 amide bonds. The standard InChI is InChI=1S/C15H18N2O.C2H6/c1-9-11-4-3-10-7-13-15(18)16(2)5-6-17(13)8-12(10)14(9)11;1-2/h3-4,7,9,11,14H,5-6,8H2,1-2H3;1-2H3. The van der Waals surface area contributed by atoms with Crippen LogP contribution < -0.4 is 0 Å². The highest BCUT2D eigenvalue weighted by molar-refractivity contribution is 5.94. The summed E-state index contributed by atoms with van der Waals surface area (Å²) in [6.07, 6.45) is 6.67. The van der Waals surface area contributed by atoms with Gasteiger partial charge < -0.3 is 9.80 Å². The van der Waals surface area contributed by atoms with Crippen LogP contribution in [-0.2, 0) is 4.79 Å². The molecule has 0 bridgehead atoms. The molecule has 4 rings (SSSR count). The van der Waals surface area contributed by atoms with Crippen LogP contribution >= 0.6 is 0 Å². The summed E-state index contributed by atoms with van der Waals surface area (Å²) in [5.41, 5.74) is 3.76. The average Bonchev–Trinajstić information content (AvgIpc) is 3.15. The summed E-state index contributed by atoms with van der Waals surface area (Å²) in [4.78, 5) is 16.2. The predicted molar refractivity (Wildman–Crippen MR) is 81.0 cm³/mol. The van der Waals surface area contributed by atoms with Crippen molar-refractivity contribution in [3.05, 3.63) is 35.1 Å². The maximum Gasteiger partial charge on any atom is 0.269 e. The normalized spacial score (nSPS) is 33.7. The number of hydrogen-bond acceptors (Lipinski definition) is 2. The smallest absolute Gasteiger partial charge is 0.269 e. The van der Waals surface area contributed by atoms with Crippen LogP contribution in [0.15, 0.2) is 35.1 Å². The summed E-state index contributed by atoms with van der Waals surface area (Å²) < 4.78 is 0. The van der Waals surface area contributed by atoms with Crippen LogP contribution in [0, 0.1) is 17.8 Å². The Morgan fingerprint density at radius 1 is 1.25 bits per heavy atom. The Balaban J connectivity index is 0.000000581. The Bertz CT molecular complexity index is 529. The lowest BCUT2D eigenvalue weighted by Crippen LogP contribution is -2.48. The fraction of sp³-hybridized carbons (Fsp3) is 0.588. The van der Waals surface area contributed by atoms with Crippen molar-refractivity contribution >= 4 is 5.91 Å². The van der Waals surface area contributed by atoms with E-state index in [-0.39, 0.29) is 5.91 Å². The van der Waals surface area contributed by atoms with Crippen molar-refractivity contribution in [3.8, 4) is 0 Å². The minimum atomic E-state index is 0.173. The number of fused-ring (bicyclic) bond motifs is 3. The molecule has 2 aliphatic carbocycles. The molecule has 1 saturated heterocycles. The van der Waals surface area contributed by atoms with E-state index in [0.717, 1.165) is 43.1 Å². The molecule has 0 spiro atoms. The molecule has 0 radical (unpaired) electrons. The van der Waals surface area contributed by atoms with Crippen LogP contribution in [-0.4, -0.2) is 42.4 Å². The first kappa shape index (κ1) is 13.5. The monoisotopic (exact) mass is 272 g/mol. The van der Waals surface area contributed by atoms with Gasteiger partial charge in [0, 0.05) is 26.7 Å². The van der Waals surface area contributed by atoms with E-state index in [1.807, 2.05) is 25.8 Å². The zero-order valence-electron chi connectivity index (χ0n) is 12.9. The minimum absolute atomic E-state index is 0.173. The summed E-state index contributed by atoms with van der Waals surface area (Å²) in [7, 11) is 1.89. The minimum Gasteiger partial charge on any atom is -0.361 e. The zero-order chi connectivity index (χ0) is 14.4. The Hall–Kier alpha value is -1.51. The number of carbonyl (C=O) groups is 1. The molecule has 108 valence electrons. The van der Waals surface area contributed by atoms with Crippen molar-refractivity contribution in [3.63, 3.8) is 0 Å². The molecule has 3 nitrogen and oxygen atoms in total. The molecule has 3 unspecified atom stereocenters. The number of likely N-dealkylation sites (N-methyl/N-ethyl adjacent to an activating group) is 1. The van der Waals surface area contributed by atoms with Gasteiger partial charge in [0.05, 0.1) is 0 Å². The molecule has 0 aromatic carbocycles. The maximum atomic E-state index is 12.2. The molecule has 1 saturated carbocycles. The van der Waals surface area contributed by atoms with E-state index >= 15 is 0 Å².